The van der Waals surface area contributed by atoms with E-state index in [2.05, 4.69) is 26.2 Å². The third kappa shape index (κ3) is 2.73. The number of halogens is 2. The van der Waals surface area contributed by atoms with Gasteiger partial charge in [-0.05, 0) is 40.2 Å². The van der Waals surface area contributed by atoms with Crippen molar-refractivity contribution in [1.82, 2.24) is 4.98 Å². The second-order valence-electron chi connectivity index (χ2n) is 3.53. The second kappa shape index (κ2) is 5.25. The maximum absolute atomic E-state index is 9.00. The van der Waals surface area contributed by atoms with Crippen LogP contribution in [0.4, 0.5) is 17.2 Å². The number of rotatable bonds is 2. The normalized spacial score (nSPS) is 9.83. The van der Waals surface area contributed by atoms with Crippen LogP contribution in [0.2, 0.25) is 5.02 Å². The zero-order valence-electron chi connectivity index (χ0n) is 9.11. The molecule has 4 nitrogen and oxygen atoms in total. The Labute approximate surface area is 118 Å². The fraction of sp³-hybridized carbons (Fsp3) is 0. The van der Waals surface area contributed by atoms with E-state index in [0.29, 0.717) is 22.1 Å². The number of benzene rings is 1. The summed E-state index contributed by atoms with van der Waals surface area (Å²) in [4.78, 5) is 4.08. The molecule has 6 heteroatoms. The summed E-state index contributed by atoms with van der Waals surface area (Å²) < 4.78 is 0.806. The first-order valence-corrected chi connectivity index (χ1v) is 6.15. The van der Waals surface area contributed by atoms with Gasteiger partial charge in [0, 0.05) is 10.2 Å². The molecule has 0 aliphatic carbocycles. The van der Waals surface area contributed by atoms with Crippen LogP contribution in [0.15, 0.2) is 34.9 Å². The summed E-state index contributed by atoms with van der Waals surface area (Å²) in [5.41, 5.74) is 7.15. The van der Waals surface area contributed by atoms with Crippen molar-refractivity contribution in [2.45, 2.75) is 0 Å². The maximum Gasteiger partial charge on any atom is 0.148 e. The van der Waals surface area contributed by atoms with Gasteiger partial charge in [-0.15, -0.1) is 0 Å². The molecule has 90 valence electrons. The minimum absolute atomic E-state index is 0.383. The molecular formula is C12H8BrClN4. The molecular weight excluding hydrogens is 316 g/mol. The first-order chi connectivity index (χ1) is 8.60. The van der Waals surface area contributed by atoms with Crippen molar-refractivity contribution in [3.63, 3.8) is 0 Å². The molecule has 0 atom stereocenters. The van der Waals surface area contributed by atoms with Crippen LogP contribution in [0, 0.1) is 11.3 Å². The Balaban J connectivity index is 2.34. The van der Waals surface area contributed by atoms with E-state index in [1.165, 1.54) is 6.20 Å². The third-order valence-corrected chi connectivity index (χ3v) is 3.44. The lowest BCUT2D eigenvalue weighted by Gasteiger charge is -2.08. The fourth-order valence-corrected chi connectivity index (χ4v) is 1.80. The number of nitriles is 1. The number of nitrogens with one attached hydrogen (secondary N) is 1. The lowest BCUT2D eigenvalue weighted by atomic mass is 10.2. The van der Waals surface area contributed by atoms with Gasteiger partial charge < -0.3 is 11.1 Å². The minimum Gasteiger partial charge on any atom is -0.397 e. The molecule has 0 saturated heterocycles. The standard InChI is InChI=1S/C12H8BrClN4/c13-10-2-1-9(4-11(10)14)18-12-7(5-15)3-8(16)6-17-12/h1-4,6H,16H2,(H,17,18). The van der Waals surface area contributed by atoms with Crippen LogP contribution in [0.1, 0.15) is 5.56 Å². The van der Waals surface area contributed by atoms with Gasteiger partial charge in [-0.2, -0.15) is 5.26 Å². The smallest absolute Gasteiger partial charge is 0.148 e. The molecule has 0 aliphatic rings. The summed E-state index contributed by atoms with van der Waals surface area (Å²) in [5, 5.41) is 12.6. The highest BCUT2D eigenvalue weighted by Gasteiger charge is 2.06. The summed E-state index contributed by atoms with van der Waals surface area (Å²) >= 11 is 9.29. The number of nitrogens with two attached hydrogens (primary N) is 1. The molecule has 1 heterocycles. The van der Waals surface area contributed by atoms with Crippen molar-refractivity contribution in [3.05, 3.63) is 45.5 Å². The molecule has 18 heavy (non-hydrogen) atoms. The Morgan fingerprint density at radius 1 is 1.39 bits per heavy atom. The second-order valence-corrected chi connectivity index (χ2v) is 4.79. The fourth-order valence-electron chi connectivity index (χ4n) is 1.38. The molecule has 0 spiro atoms. The predicted octanol–water partition coefficient (Wildman–Crippen LogP) is 3.69. The summed E-state index contributed by atoms with van der Waals surface area (Å²) in [6, 6.07) is 8.98. The van der Waals surface area contributed by atoms with Gasteiger partial charge in [-0.1, -0.05) is 11.6 Å². The van der Waals surface area contributed by atoms with Gasteiger partial charge in [0.15, 0.2) is 0 Å². The molecule has 0 fully saturated rings. The SMILES string of the molecule is N#Cc1cc(N)cnc1Nc1ccc(Br)c(Cl)c1. The Hall–Kier alpha value is -1.77. The summed E-state index contributed by atoms with van der Waals surface area (Å²) in [6.45, 7) is 0. The summed E-state index contributed by atoms with van der Waals surface area (Å²) in [5.74, 6) is 0.449. The van der Waals surface area contributed by atoms with Crippen LogP contribution in [-0.4, -0.2) is 4.98 Å². The molecule has 2 aromatic rings. The Morgan fingerprint density at radius 3 is 2.83 bits per heavy atom. The molecule has 2 rings (SSSR count). The van der Waals surface area contributed by atoms with Crippen LogP contribution < -0.4 is 11.1 Å². The predicted molar refractivity (Wildman–Crippen MR) is 75.8 cm³/mol. The molecule has 3 N–H and O–H groups in total. The third-order valence-electron chi connectivity index (χ3n) is 2.21. The van der Waals surface area contributed by atoms with E-state index in [0.717, 1.165) is 10.2 Å². The number of nitrogen functional groups attached to an aromatic ring is 1. The molecule has 0 radical (unpaired) electrons. The topological polar surface area (TPSA) is 74.7 Å². The zero-order valence-corrected chi connectivity index (χ0v) is 11.5. The van der Waals surface area contributed by atoms with E-state index in [9.17, 15) is 0 Å². The number of pyridine rings is 1. The van der Waals surface area contributed by atoms with E-state index in [4.69, 9.17) is 22.6 Å². The van der Waals surface area contributed by atoms with Gasteiger partial charge in [0.05, 0.1) is 22.5 Å². The van der Waals surface area contributed by atoms with Gasteiger partial charge in [0.1, 0.15) is 11.9 Å². The molecule has 0 bridgehead atoms. The lowest BCUT2D eigenvalue weighted by Crippen LogP contribution is -1.98. The summed E-state index contributed by atoms with van der Waals surface area (Å²) in [7, 11) is 0. The number of hydrogen-bond donors (Lipinski definition) is 2. The highest BCUT2D eigenvalue weighted by molar-refractivity contribution is 9.10. The summed E-state index contributed by atoms with van der Waals surface area (Å²) in [6.07, 6.45) is 1.49. The van der Waals surface area contributed by atoms with Crippen LogP contribution >= 0.6 is 27.5 Å². The van der Waals surface area contributed by atoms with Gasteiger partial charge in [0.25, 0.3) is 0 Å². The van der Waals surface area contributed by atoms with Crippen LogP contribution in [0.5, 0.6) is 0 Å². The van der Waals surface area contributed by atoms with Crippen molar-refractivity contribution >= 4 is 44.7 Å². The molecule has 0 unspecified atom stereocenters. The van der Waals surface area contributed by atoms with E-state index in [1.807, 2.05) is 18.2 Å². The zero-order chi connectivity index (χ0) is 13.1. The number of anilines is 3. The van der Waals surface area contributed by atoms with Crippen molar-refractivity contribution < 1.29 is 0 Å². The first kappa shape index (κ1) is 12.7. The average Bonchev–Trinajstić information content (AvgIpc) is 2.36. The van der Waals surface area contributed by atoms with Crippen LogP contribution in [-0.2, 0) is 0 Å². The monoisotopic (exact) mass is 322 g/mol. The van der Waals surface area contributed by atoms with E-state index >= 15 is 0 Å². The van der Waals surface area contributed by atoms with E-state index in [1.54, 1.807) is 12.1 Å². The Morgan fingerprint density at radius 2 is 2.17 bits per heavy atom. The number of hydrogen-bond acceptors (Lipinski definition) is 4. The number of aromatic nitrogens is 1. The molecule has 0 amide bonds. The van der Waals surface area contributed by atoms with E-state index in [-0.39, 0.29) is 0 Å². The van der Waals surface area contributed by atoms with Gasteiger partial charge in [-0.3, -0.25) is 0 Å². The maximum atomic E-state index is 9.00. The van der Waals surface area contributed by atoms with Crippen molar-refractivity contribution in [2.75, 3.05) is 11.1 Å². The molecule has 1 aromatic carbocycles. The van der Waals surface area contributed by atoms with E-state index < -0.39 is 0 Å². The van der Waals surface area contributed by atoms with Gasteiger partial charge in [-0.25, -0.2) is 4.98 Å². The van der Waals surface area contributed by atoms with Crippen LogP contribution in [0.3, 0.4) is 0 Å². The van der Waals surface area contributed by atoms with Gasteiger partial charge in [0.2, 0.25) is 0 Å². The molecule has 0 aliphatic heterocycles. The first-order valence-electron chi connectivity index (χ1n) is 4.98. The Kier molecular flexibility index (Phi) is 3.70. The Bertz CT molecular complexity index is 636. The molecule has 1 aromatic heterocycles. The minimum atomic E-state index is 0.383. The van der Waals surface area contributed by atoms with Crippen LogP contribution in [0.25, 0.3) is 0 Å². The van der Waals surface area contributed by atoms with Crippen molar-refractivity contribution in [1.29, 1.82) is 5.26 Å². The quantitative estimate of drug-likeness (QED) is 0.883. The van der Waals surface area contributed by atoms with Crippen molar-refractivity contribution in [2.24, 2.45) is 0 Å². The van der Waals surface area contributed by atoms with Gasteiger partial charge >= 0.3 is 0 Å². The number of nitrogens with zero attached hydrogens (tertiary/aromatic N) is 2. The van der Waals surface area contributed by atoms with Crippen molar-refractivity contribution in [3.8, 4) is 6.07 Å². The largest absolute Gasteiger partial charge is 0.397 e. The highest BCUT2D eigenvalue weighted by atomic mass is 79.9. The average molecular weight is 324 g/mol. The highest BCUT2D eigenvalue weighted by Crippen LogP contribution is 2.27. The molecule has 0 saturated carbocycles. The lowest BCUT2D eigenvalue weighted by molar-refractivity contribution is 1.29.